The molecule has 2 aromatic heterocycles. The van der Waals surface area contributed by atoms with Crippen molar-refractivity contribution in [3.8, 4) is 0 Å². The van der Waals surface area contributed by atoms with Gasteiger partial charge in [0.2, 0.25) is 4.96 Å². The van der Waals surface area contributed by atoms with Crippen LogP contribution < -0.4 is 5.56 Å². The second-order valence-electron chi connectivity index (χ2n) is 5.50. The summed E-state index contributed by atoms with van der Waals surface area (Å²) in [6.07, 6.45) is 1.49. The molecule has 0 bridgehead atoms. The monoisotopic (exact) mass is 323 g/mol. The lowest BCUT2D eigenvalue weighted by Crippen LogP contribution is -2.19. The van der Waals surface area contributed by atoms with Gasteiger partial charge in [-0.15, -0.1) is 0 Å². The fourth-order valence-electron chi connectivity index (χ4n) is 2.06. The first kappa shape index (κ1) is 16.6. The van der Waals surface area contributed by atoms with Gasteiger partial charge in [0.25, 0.3) is 5.56 Å². The van der Waals surface area contributed by atoms with Crippen LogP contribution in [0.5, 0.6) is 0 Å². The number of fused-ring (bicyclic) bond motifs is 1. The number of carbonyl (C=O) groups excluding carboxylic acids is 1. The zero-order valence-electron chi connectivity index (χ0n) is 13.3. The van der Waals surface area contributed by atoms with Gasteiger partial charge in [-0.25, -0.2) is 4.98 Å². The maximum atomic E-state index is 12.1. The molecule has 0 atom stereocenters. The maximum Gasteiger partial charge on any atom is 0.309 e. The van der Waals surface area contributed by atoms with Crippen LogP contribution in [-0.4, -0.2) is 20.6 Å². The molecule has 0 amide bonds. The lowest BCUT2D eigenvalue weighted by molar-refractivity contribution is -0.150. The third-order valence-electron chi connectivity index (χ3n) is 3.49. The summed E-state index contributed by atoms with van der Waals surface area (Å²) < 4.78 is 6.56. The minimum atomic E-state index is -0.248. The average molecular weight is 323 g/mol. The fourth-order valence-corrected chi connectivity index (χ4v) is 2.99. The van der Waals surface area contributed by atoms with Crippen molar-refractivity contribution < 1.29 is 9.53 Å². The Labute approximate surface area is 133 Å². The van der Waals surface area contributed by atoms with Crippen molar-refractivity contribution in [2.75, 3.05) is 0 Å². The van der Waals surface area contributed by atoms with Crippen molar-refractivity contribution in [1.29, 1.82) is 0 Å². The Kier molecular flexibility index (Phi) is 5.28. The lowest BCUT2D eigenvalue weighted by Gasteiger charge is -2.11. The van der Waals surface area contributed by atoms with E-state index in [1.54, 1.807) is 0 Å². The highest BCUT2D eigenvalue weighted by Gasteiger charge is 2.17. The molecule has 7 heteroatoms. The van der Waals surface area contributed by atoms with Gasteiger partial charge in [-0.1, -0.05) is 39.0 Å². The Morgan fingerprint density at radius 3 is 2.64 bits per heavy atom. The van der Waals surface area contributed by atoms with Crippen LogP contribution in [0.3, 0.4) is 0 Å². The number of hydrogen-bond acceptors (Lipinski definition) is 6. The van der Waals surface area contributed by atoms with E-state index in [9.17, 15) is 9.59 Å². The molecular formula is C15H21N3O3S. The molecule has 2 heterocycles. The van der Waals surface area contributed by atoms with E-state index < -0.39 is 0 Å². The first-order valence-corrected chi connectivity index (χ1v) is 8.34. The summed E-state index contributed by atoms with van der Waals surface area (Å²) in [5, 5.41) is 5.11. The third kappa shape index (κ3) is 3.52. The number of aromatic nitrogens is 3. The largest absolute Gasteiger partial charge is 0.459 e. The van der Waals surface area contributed by atoms with Gasteiger partial charge in [0, 0.05) is 12.0 Å². The molecule has 6 nitrogen and oxygen atoms in total. The van der Waals surface area contributed by atoms with Crippen molar-refractivity contribution >= 4 is 22.3 Å². The number of ether oxygens (including phenoxy) is 1. The summed E-state index contributed by atoms with van der Waals surface area (Å²) in [5.74, 6) is -0.0952. The molecule has 0 N–H and O–H groups in total. The van der Waals surface area contributed by atoms with E-state index in [1.165, 1.54) is 21.9 Å². The Morgan fingerprint density at radius 1 is 1.36 bits per heavy atom. The van der Waals surface area contributed by atoms with Crippen molar-refractivity contribution in [3.63, 3.8) is 0 Å². The molecule has 0 aliphatic rings. The standard InChI is InChI=1S/C15H21N3O3S/c1-5-10(6-2)14(20)21-8-11-7-12(19)18-15(16-11)22-13(17-18)9(3)4/h7,9-10H,5-6,8H2,1-4H3. The molecule has 2 rings (SSSR count). The van der Waals surface area contributed by atoms with Gasteiger partial charge in [-0.3, -0.25) is 9.59 Å². The van der Waals surface area contributed by atoms with Crippen LogP contribution in [0.1, 0.15) is 57.2 Å². The number of hydrogen-bond donors (Lipinski definition) is 0. The molecule has 2 aromatic rings. The smallest absolute Gasteiger partial charge is 0.309 e. The minimum absolute atomic E-state index is 0.0238. The Balaban J connectivity index is 2.19. The van der Waals surface area contributed by atoms with Crippen molar-refractivity contribution in [3.05, 3.63) is 27.1 Å². The molecule has 0 saturated heterocycles. The van der Waals surface area contributed by atoms with Crippen LogP contribution in [-0.2, 0) is 16.1 Å². The second kappa shape index (κ2) is 7.00. The molecule has 0 spiro atoms. The summed E-state index contributed by atoms with van der Waals surface area (Å²) in [5.41, 5.74) is 0.213. The molecule has 0 aliphatic heterocycles. The predicted molar refractivity (Wildman–Crippen MR) is 85.1 cm³/mol. The molecule has 0 aliphatic carbocycles. The highest BCUT2D eigenvalue weighted by Crippen LogP contribution is 2.20. The average Bonchev–Trinajstić information content (AvgIpc) is 2.91. The molecular weight excluding hydrogens is 302 g/mol. The van der Waals surface area contributed by atoms with E-state index in [4.69, 9.17) is 4.74 Å². The van der Waals surface area contributed by atoms with Crippen LogP contribution in [0, 0.1) is 5.92 Å². The zero-order chi connectivity index (χ0) is 16.3. The van der Waals surface area contributed by atoms with Crippen LogP contribution in [0.15, 0.2) is 10.9 Å². The van der Waals surface area contributed by atoms with Crippen molar-refractivity contribution in [2.24, 2.45) is 5.92 Å². The SMILES string of the molecule is CCC(CC)C(=O)OCc1cc(=O)n2nc(C(C)C)sc2n1. The molecule has 0 saturated carbocycles. The van der Waals surface area contributed by atoms with E-state index in [0.717, 1.165) is 17.8 Å². The first-order chi connectivity index (χ1) is 10.5. The number of rotatable bonds is 6. The molecule has 0 radical (unpaired) electrons. The summed E-state index contributed by atoms with van der Waals surface area (Å²) in [6.45, 7) is 7.96. The van der Waals surface area contributed by atoms with E-state index in [-0.39, 0.29) is 30.0 Å². The van der Waals surface area contributed by atoms with Gasteiger partial charge >= 0.3 is 5.97 Å². The quantitative estimate of drug-likeness (QED) is 0.764. The Morgan fingerprint density at radius 2 is 2.05 bits per heavy atom. The number of esters is 1. The van der Waals surface area contributed by atoms with Crippen LogP contribution >= 0.6 is 11.3 Å². The van der Waals surface area contributed by atoms with Crippen LogP contribution in [0.2, 0.25) is 0 Å². The van der Waals surface area contributed by atoms with Gasteiger partial charge in [-0.2, -0.15) is 9.61 Å². The second-order valence-corrected chi connectivity index (χ2v) is 6.48. The summed E-state index contributed by atoms with van der Waals surface area (Å²) >= 11 is 1.38. The normalized spacial score (nSPS) is 11.5. The fraction of sp³-hybridized carbons (Fsp3) is 0.600. The molecule has 0 unspecified atom stereocenters. The van der Waals surface area contributed by atoms with E-state index in [1.807, 2.05) is 27.7 Å². The maximum absolute atomic E-state index is 12.1. The highest BCUT2D eigenvalue weighted by molar-refractivity contribution is 7.16. The number of nitrogens with zero attached hydrogens (tertiary/aromatic N) is 3. The first-order valence-electron chi connectivity index (χ1n) is 7.52. The van der Waals surface area contributed by atoms with Gasteiger partial charge in [0.15, 0.2) is 0 Å². The van der Waals surface area contributed by atoms with Gasteiger partial charge in [0.05, 0.1) is 11.6 Å². The molecule has 0 fully saturated rings. The van der Waals surface area contributed by atoms with E-state index in [0.29, 0.717) is 10.7 Å². The summed E-state index contributed by atoms with van der Waals surface area (Å²) in [4.78, 5) is 28.8. The van der Waals surface area contributed by atoms with E-state index in [2.05, 4.69) is 10.1 Å². The Bertz CT molecular complexity index is 716. The van der Waals surface area contributed by atoms with Gasteiger partial charge < -0.3 is 4.74 Å². The van der Waals surface area contributed by atoms with Gasteiger partial charge in [0.1, 0.15) is 11.6 Å². The minimum Gasteiger partial charge on any atom is -0.459 e. The highest BCUT2D eigenvalue weighted by atomic mass is 32.1. The summed E-state index contributed by atoms with van der Waals surface area (Å²) in [6, 6.07) is 1.37. The predicted octanol–water partition coefficient (Wildman–Crippen LogP) is 2.75. The van der Waals surface area contributed by atoms with Crippen molar-refractivity contribution in [2.45, 2.75) is 53.1 Å². The van der Waals surface area contributed by atoms with Crippen LogP contribution in [0.25, 0.3) is 4.96 Å². The van der Waals surface area contributed by atoms with Crippen LogP contribution in [0.4, 0.5) is 0 Å². The number of carbonyl (C=O) groups is 1. The zero-order valence-corrected chi connectivity index (χ0v) is 14.1. The molecule has 22 heavy (non-hydrogen) atoms. The van der Waals surface area contributed by atoms with E-state index >= 15 is 0 Å². The molecule has 120 valence electrons. The van der Waals surface area contributed by atoms with Crippen molar-refractivity contribution in [1.82, 2.24) is 14.6 Å². The topological polar surface area (TPSA) is 73.6 Å². The lowest BCUT2D eigenvalue weighted by atomic mass is 10.0. The third-order valence-corrected chi connectivity index (χ3v) is 4.70. The molecule has 0 aromatic carbocycles. The van der Waals surface area contributed by atoms with Gasteiger partial charge in [-0.05, 0) is 12.8 Å². The summed E-state index contributed by atoms with van der Waals surface area (Å²) in [7, 11) is 0. The Hall–Kier alpha value is -1.76.